The molecule has 3 N–H and O–H groups in total. The second-order valence-corrected chi connectivity index (χ2v) is 5.11. The molecule has 0 fully saturated rings. The van der Waals surface area contributed by atoms with Crippen LogP contribution in [0.3, 0.4) is 0 Å². The first kappa shape index (κ1) is 14.5. The van der Waals surface area contributed by atoms with Crippen LogP contribution < -0.4 is 11.1 Å². The molecule has 1 aliphatic rings. The lowest BCUT2D eigenvalue weighted by Gasteiger charge is -2.31. The van der Waals surface area contributed by atoms with Crippen molar-refractivity contribution < 1.29 is 4.79 Å². The third-order valence-corrected chi connectivity index (χ3v) is 3.65. The molecule has 1 aromatic rings. The van der Waals surface area contributed by atoms with Gasteiger partial charge >= 0.3 is 6.03 Å². The lowest BCUT2D eigenvalue weighted by Crippen LogP contribution is -2.30. The van der Waals surface area contributed by atoms with Gasteiger partial charge in [0, 0.05) is 19.3 Å². The Bertz CT molecular complexity index is 487. The number of nitrogens with zero attached hydrogens (tertiary/aromatic N) is 2. The number of aryl methyl sites for hydroxylation is 1. The number of urea groups is 1. The van der Waals surface area contributed by atoms with E-state index in [1.165, 1.54) is 17.7 Å². The van der Waals surface area contributed by atoms with Gasteiger partial charge in [-0.25, -0.2) is 4.79 Å². The molecule has 0 saturated heterocycles. The molecule has 0 aliphatic heterocycles. The van der Waals surface area contributed by atoms with Gasteiger partial charge in [-0.15, -0.1) is 0 Å². The molecule has 1 aromatic heterocycles. The second kappa shape index (κ2) is 7.05. The Morgan fingerprint density at radius 1 is 1.60 bits per heavy atom. The van der Waals surface area contributed by atoms with Crippen molar-refractivity contribution in [1.82, 2.24) is 15.2 Å². The van der Waals surface area contributed by atoms with E-state index in [1.807, 2.05) is 24.4 Å². The molecule has 0 spiro atoms. The summed E-state index contributed by atoms with van der Waals surface area (Å²) >= 11 is 0. The minimum absolute atomic E-state index is 0.383. The summed E-state index contributed by atoms with van der Waals surface area (Å²) in [6.07, 6.45) is 9.33. The normalized spacial score (nSPS) is 18.2. The number of carbonyl (C=O) groups excluding carboxylic acids is 1. The van der Waals surface area contributed by atoms with Crippen LogP contribution in [-0.4, -0.2) is 36.1 Å². The lowest BCUT2D eigenvalue weighted by atomic mass is 9.91. The van der Waals surface area contributed by atoms with Crippen molar-refractivity contribution in [2.45, 2.75) is 25.3 Å². The van der Waals surface area contributed by atoms with Gasteiger partial charge in [0.15, 0.2) is 0 Å². The summed E-state index contributed by atoms with van der Waals surface area (Å²) in [7, 11) is 2.11. The van der Waals surface area contributed by atoms with E-state index in [0.717, 1.165) is 19.4 Å². The van der Waals surface area contributed by atoms with E-state index in [2.05, 4.69) is 28.3 Å². The average molecular weight is 274 g/mol. The fourth-order valence-corrected chi connectivity index (χ4v) is 2.62. The van der Waals surface area contributed by atoms with E-state index in [9.17, 15) is 4.79 Å². The highest BCUT2D eigenvalue weighted by Crippen LogP contribution is 2.31. The number of pyridine rings is 1. The molecular formula is C15H22N4O. The number of carbonyl (C=O) groups is 1. The van der Waals surface area contributed by atoms with Crippen molar-refractivity contribution in [3.05, 3.63) is 41.7 Å². The Morgan fingerprint density at radius 3 is 3.25 bits per heavy atom. The molecule has 1 aliphatic carbocycles. The van der Waals surface area contributed by atoms with Gasteiger partial charge in [-0.1, -0.05) is 18.2 Å². The largest absolute Gasteiger partial charge is 0.352 e. The van der Waals surface area contributed by atoms with Crippen LogP contribution >= 0.6 is 0 Å². The van der Waals surface area contributed by atoms with Crippen LogP contribution in [0.1, 0.15) is 30.1 Å². The zero-order valence-electron chi connectivity index (χ0n) is 11.9. The van der Waals surface area contributed by atoms with E-state index in [4.69, 9.17) is 5.73 Å². The summed E-state index contributed by atoms with van der Waals surface area (Å²) in [5.41, 5.74) is 7.59. The highest BCUT2D eigenvalue weighted by Gasteiger charge is 2.23. The number of nitrogens with one attached hydrogen (secondary N) is 1. The number of hydrogen-bond donors (Lipinski definition) is 2. The Balaban J connectivity index is 1.90. The first-order valence-corrected chi connectivity index (χ1v) is 7.01. The van der Waals surface area contributed by atoms with Gasteiger partial charge < -0.3 is 11.1 Å². The summed E-state index contributed by atoms with van der Waals surface area (Å²) in [5.74, 6) is 0. The minimum Gasteiger partial charge on any atom is -0.352 e. The smallest absolute Gasteiger partial charge is 0.312 e. The molecule has 2 rings (SSSR count). The molecule has 5 heteroatoms. The van der Waals surface area contributed by atoms with E-state index in [0.29, 0.717) is 12.6 Å². The van der Waals surface area contributed by atoms with Gasteiger partial charge in [-0.3, -0.25) is 9.88 Å². The molecule has 0 unspecified atom stereocenters. The van der Waals surface area contributed by atoms with Crippen LogP contribution in [0, 0.1) is 0 Å². The van der Waals surface area contributed by atoms with Gasteiger partial charge in [0.25, 0.3) is 0 Å². The van der Waals surface area contributed by atoms with Crippen LogP contribution in [0.4, 0.5) is 4.79 Å². The highest BCUT2D eigenvalue weighted by molar-refractivity contribution is 5.71. The summed E-state index contributed by atoms with van der Waals surface area (Å²) in [5, 5.41) is 2.54. The van der Waals surface area contributed by atoms with Gasteiger partial charge in [-0.2, -0.15) is 0 Å². The van der Waals surface area contributed by atoms with E-state index in [-0.39, 0.29) is 0 Å². The number of aromatic nitrogens is 1. The summed E-state index contributed by atoms with van der Waals surface area (Å²) < 4.78 is 0. The quantitative estimate of drug-likeness (QED) is 0.801. The molecule has 20 heavy (non-hydrogen) atoms. The van der Waals surface area contributed by atoms with Crippen LogP contribution in [-0.2, 0) is 6.42 Å². The maximum atomic E-state index is 10.5. The molecule has 0 saturated carbocycles. The summed E-state index contributed by atoms with van der Waals surface area (Å²) in [6, 6.07) is 4.08. The standard InChI is InChI=1S/C15H22N4O/c1-19(11-3-2-9-18-15(16)20)13-8-4-6-12-7-5-10-17-14(12)13/h2-3,5,7,10,13H,4,6,8-9,11H2,1H3,(H3,16,18,20)/b3-2-/t13-/m0/s1. The number of fused-ring (bicyclic) bond motifs is 1. The van der Waals surface area contributed by atoms with Crippen LogP contribution in [0.15, 0.2) is 30.5 Å². The Morgan fingerprint density at radius 2 is 2.45 bits per heavy atom. The van der Waals surface area contributed by atoms with Gasteiger partial charge in [0.05, 0.1) is 11.7 Å². The second-order valence-electron chi connectivity index (χ2n) is 5.11. The molecule has 5 nitrogen and oxygen atoms in total. The molecule has 0 bridgehead atoms. The van der Waals surface area contributed by atoms with Crippen molar-refractivity contribution in [3.8, 4) is 0 Å². The molecule has 2 amide bonds. The molecule has 1 atom stereocenters. The summed E-state index contributed by atoms with van der Waals surface area (Å²) in [4.78, 5) is 17.4. The minimum atomic E-state index is -0.492. The van der Waals surface area contributed by atoms with Crippen molar-refractivity contribution in [3.63, 3.8) is 0 Å². The van der Waals surface area contributed by atoms with E-state index >= 15 is 0 Å². The van der Waals surface area contributed by atoms with Crippen LogP contribution in [0.5, 0.6) is 0 Å². The number of amides is 2. The van der Waals surface area contributed by atoms with Crippen molar-refractivity contribution in [2.24, 2.45) is 5.73 Å². The zero-order chi connectivity index (χ0) is 14.4. The van der Waals surface area contributed by atoms with Gasteiger partial charge in [-0.05, 0) is 37.9 Å². The first-order valence-electron chi connectivity index (χ1n) is 7.01. The Kier molecular flexibility index (Phi) is 5.12. The zero-order valence-corrected chi connectivity index (χ0v) is 11.9. The van der Waals surface area contributed by atoms with Crippen molar-refractivity contribution in [1.29, 1.82) is 0 Å². The summed E-state index contributed by atoms with van der Waals surface area (Å²) in [6.45, 7) is 1.31. The van der Waals surface area contributed by atoms with E-state index in [1.54, 1.807) is 0 Å². The first-order chi connectivity index (χ1) is 9.68. The number of nitrogens with two attached hydrogens (primary N) is 1. The van der Waals surface area contributed by atoms with Crippen LogP contribution in [0.2, 0.25) is 0 Å². The fraction of sp³-hybridized carbons (Fsp3) is 0.467. The number of primary amides is 1. The van der Waals surface area contributed by atoms with Gasteiger partial charge in [0.2, 0.25) is 0 Å². The predicted molar refractivity (Wildman–Crippen MR) is 79.3 cm³/mol. The number of rotatable bonds is 5. The topological polar surface area (TPSA) is 71.2 Å². The Labute approximate surface area is 119 Å². The molecule has 1 heterocycles. The fourth-order valence-electron chi connectivity index (χ4n) is 2.62. The molecular weight excluding hydrogens is 252 g/mol. The van der Waals surface area contributed by atoms with E-state index < -0.39 is 6.03 Å². The van der Waals surface area contributed by atoms with Gasteiger partial charge in [0.1, 0.15) is 0 Å². The SMILES string of the molecule is CN(C/C=C\CNC(N)=O)[C@H]1CCCc2cccnc21. The maximum absolute atomic E-state index is 10.5. The molecule has 0 radical (unpaired) electrons. The molecule has 0 aromatic carbocycles. The lowest BCUT2D eigenvalue weighted by molar-refractivity contribution is 0.238. The van der Waals surface area contributed by atoms with Crippen molar-refractivity contribution in [2.75, 3.05) is 20.1 Å². The third kappa shape index (κ3) is 3.81. The Hall–Kier alpha value is -1.88. The predicted octanol–water partition coefficient (Wildman–Crippen LogP) is 1.62. The average Bonchev–Trinajstić information content (AvgIpc) is 2.45. The monoisotopic (exact) mass is 274 g/mol. The van der Waals surface area contributed by atoms with Crippen molar-refractivity contribution >= 4 is 6.03 Å². The third-order valence-electron chi connectivity index (χ3n) is 3.65. The number of likely N-dealkylation sites (N-methyl/N-ethyl adjacent to an activating group) is 1. The van der Waals surface area contributed by atoms with Crippen LogP contribution in [0.25, 0.3) is 0 Å². The highest BCUT2D eigenvalue weighted by atomic mass is 16.2. The number of hydrogen-bond acceptors (Lipinski definition) is 3. The molecule has 108 valence electrons. The maximum Gasteiger partial charge on any atom is 0.312 e.